The zero-order valence-corrected chi connectivity index (χ0v) is 20.1. The van der Waals surface area contributed by atoms with Crippen molar-refractivity contribution < 1.29 is 28.5 Å². The molecule has 2 aromatic carbocycles. The Labute approximate surface area is 203 Å². The number of nitrogens with zero attached hydrogens (tertiary/aromatic N) is 2. The lowest BCUT2D eigenvalue weighted by Crippen LogP contribution is -2.24. The summed E-state index contributed by atoms with van der Waals surface area (Å²) in [6, 6.07) is 12.7. The van der Waals surface area contributed by atoms with Crippen LogP contribution in [0.5, 0.6) is 17.2 Å². The van der Waals surface area contributed by atoms with Gasteiger partial charge >= 0.3 is 6.73 Å². The lowest BCUT2D eigenvalue weighted by Gasteiger charge is -2.24. The number of benzene rings is 2. The molecule has 0 aliphatic carbocycles. The maximum atomic E-state index is 13.8. The van der Waals surface area contributed by atoms with E-state index in [1.165, 1.54) is 20.3 Å². The Bertz CT molecular complexity index is 1270. The van der Waals surface area contributed by atoms with Crippen LogP contribution in [0.3, 0.4) is 0 Å². The maximum absolute atomic E-state index is 13.8. The van der Waals surface area contributed by atoms with Gasteiger partial charge in [-0.05, 0) is 74.4 Å². The molecule has 0 bridgehead atoms. The van der Waals surface area contributed by atoms with Crippen molar-refractivity contribution in [3.8, 4) is 28.5 Å². The highest BCUT2D eigenvalue weighted by molar-refractivity contribution is 5.96. The number of aryl methyl sites for hydroxylation is 1. The number of pyridine rings is 1. The number of Topliss-reactive ketones (excluding diaryl/α,β-unsaturated/α-hetero) is 1. The van der Waals surface area contributed by atoms with Crippen LogP contribution in [0, 0.1) is 19.3 Å². The number of ether oxygens (including phenoxy) is 3. The molecule has 0 aliphatic heterocycles. The average Bonchev–Trinajstić information content (AvgIpc) is 2.87. The molecule has 182 valence electrons. The molecule has 7 nitrogen and oxygen atoms in total. The largest absolute Gasteiger partial charge is 0.494 e. The Morgan fingerprint density at radius 3 is 2.46 bits per heavy atom. The molecule has 1 atom stereocenters. The summed E-state index contributed by atoms with van der Waals surface area (Å²) in [5, 5.41) is 11.2. The monoisotopic (exact) mass is 478 g/mol. The van der Waals surface area contributed by atoms with Crippen molar-refractivity contribution in [3.05, 3.63) is 82.6 Å². The number of halogens is 1. The smallest absolute Gasteiger partial charge is 0.357 e. The predicted octanol–water partition coefficient (Wildman–Crippen LogP) is 5.34. The van der Waals surface area contributed by atoms with Crippen LogP contribution < -0.4 is 14.2 Å². The second kappa shape index (κ2) is 11.0. The summed E-state index contributed by atoms with van der Waals surface area (Å²) < 4.78 is 29.7. The van der Waals surface area contributed by atoms with Crippen molar-refractivity contribution in [2.24, 2.45) is 0 Å². The van der Waals surface area contributed by atoms with Crippen LogP contribution in [-0.2, 0) is 5.60 Å². The quantitative estimate of drug-likeness (QED) is 0.313. The van der Waals surface area contributed by atoms with Crippen LogP contribution in [0.4, 0.5) is 4.39 Å². The summed E-state index contributed by atoms with van der Waals surface area (Å²) in [6.07, 6.45) is 0.169. The number of ketones is 1. The number of aromatic nitrogens is 1. The number of methoxy groups -OCH3 is 2. The molecule has 1 N–H and O–H groups in total. The van der Waals surface area contributed by atoms with E-state index in [1.807, 2.05) is 0 Å². The predicted molar refractivity (Wildman–Crippen MR) is 129 cm³/mol. The molecular weight excluding hydrogens is 451 g/mol. The van der Waals surface area contributed by atoms with Gasteiger partial charge in [-0.25, -0.2) is 15.9 Å². The summed E-state index contributed by atoms with van der Waals surface area (Å²) in [5.41, 5.74) is 0.951. The molecule has 0 fully saturated rings. The van der Waals surface area contributed by atoms with Crippen molar-refractivity contribution >= 4 is 5.78 Å². The van der Waals surface area contributed by atoms with Gasteiger partial charge in [0.25, 0.3) is 0 Å². The molecule has 0 aliphatic rings. The fourth-order valence-corrected chi connectivity index (χ4v) is 3.60. The van der Waals surface area contributed by atoms with Crippen molar-refractivity contribution in [1.82, 2.24) is 4.98 Å². The van der Waals surface area contributed by atoms with Crippen molar-refractivity contribution in [2.75, 3.05) is 21.0 Å². The van der Waals surface area contributed by atoms with E-state index in [4.69, 9.17) is 20.8 Å². The standard InChI is InChI=1S/C27H27FN2O5/c1-17-14-19(6-8-20(17)28)26-23(33-4)10-11-25(30-26)27(2,32)13-12-21(31)18-7-9-22(35-16-29-3)24(15-18)34-5/h6-11,14-15,32H,12-13,16H2,1-2,4-5H3. The highest BCUT2D eigenvalue weighted by Gasteiger charge is 2.27. The minimum atomic E-state index is -1.41. The Hall–Kier alpha value is -3.96. The molecule has 0 amide bonds. The minimum Gasteiger partial charge on any atom is -0.494 e. The molecular formula is C27H27FN2O5. The average molecular weight is 479 g/mol. The lowest BCUT2D eigenvalue weighted by atomic mass is 9.92. The third-order valence-corrected chi connectivity index (χ3v) is 5.67. The van der Waals surface area contributed by atoms with E-state index < -0.39 is 5.60 Å². The molecule has 0 saturated heterocycles. The Morgan fingerprint density at radius 1 is 1.09 bits per heavy atom. The summed E-state index contributed by atoms with van der Waals surface area (Å²) in [7, 11) is 2.97. The van der Waals surface area contributed by atoms with E-state index in [0.29, 0.717) is 45.3 Å². The summed E-state index contributed by atoms with van der Waals surface area (Å²) in [6.45, 7) is 9.94. The Kier molecular flexibility index (Phi) is 8.05. The second-order valence-electron chi connectivity index (χ2n) is 8.21. The van der Waals surface area contributed by atoms with Gasteiger partial charge in [0, 0.05) is 17.5 Å². The van der Waals surface area contributed by atoms with Crippen LogP contribution >= 0.6 is 0 Å². The van der Waals surface area contributed by atoms with Gasteiger partial charge < -0.3 is 19.3 Å². The molecule has 1 aromatic heterocycles. The van der Waals surface area contributed by atoms with E-state index in [9.17, 15) is 14.3 Å². The van der Waals surface area contributed by atoms with Gasteiger partial charge in [0.2, 0.25) is 0 Å². The molecule has 3 rings (SSSR count). The summed E-state index contributed by atoms with van der Waals surface area (Å²) in [4.78, 5) is 20.6. The van der Waals surface area contributed by atoms with E-state index in [-0.39, 0.29) is 31.2 Å². The van der Waals surface area contributed by atoms with Crippen molar-refractivity contribution in [3.63, 3.8) is 0 Å². The zero-order valence-electron chi connectivity index (χ0n) is 20.1. The topological polar surface area (TPSA) is 82.2 Å². The number of hydrogen-bond acceptors (Lipinski definition) is 6. The van der Waals surface area contributed by atoms with Gasteiger partial charge in [-0.15, -0.1) is 0 Å². The first-order valence-electron chi connectivity index (χ1n) is 10.9. The van der Waals surface area contributed by atoms with Gasteiger partial charge in [0.05, 0.1) is 19.9 Å². The molecule has 0 radical (unpaired) electrons. The molecule has 0 saturated carbocycles. The highest BCUT2D eigenvalue weighted by atomic mass is 19.1. The fraction of sp³-hybridized carbons (Fsp3) is 0.296. The fourth-order valence-electron chi connectivity index (χ4n) is 3.60. The van der Waals surface area contributed by atoms with Gasteiger partial charge in [-0.1, -0.05) is 0 Å². The number of carbonyl (C=O) groups excluding carboxylic acids is 1. The first-order valence-corrected chi connectivity index (χ1v) is 10.9. The first-order chi connectivity index (χ1) is 16.7. The van der Waals surface area contributed by atoms with Crippen LogP contribution in [-0.4, -0.2) is 36.8 Å². The van der Waals surface area contributed by atoms with Crippen LogP contribution in [0.2, 0.25) is 0 Å². The van der Waals surface area contributed by atoms with Crippen LogP contribution in [0.15, 0.2) is 48.5 Å². The summed E-state index contributed by atoms with van der Waals surface area (Å²) in [5.74, 6) is 0.694. The highest BCUT2D eigenvalue weighted by Crippen LogP contribution is 2.34. The van der Waals surface area contributed by atoms with Gasteiger partial charge in [0.15, 0.2) is 17.3 Å². The van der Waals surface area contributed by atoms with Gasteiger partial charge in [0.1, 0.15) is 22.9 Å². The van der Waals surface area contributed by atoms with Gasteiger partial charge in [-0.2, -0.15) is 0 Å². The Balaban J connectivity index is 1.81. The van der Waals surface area contributed by atoms with Gasteiger partial charge in [-0.3, -0.25) is 9.64 Å². The normalized spacial score (nSPS) is 12.4. The SMILES string of the molecule is [C-]#[N+]COc1ccc(C(=O)CCC(C)(O)c2ccc(OC)c(-c3ccc(F)c(C)c3)n2)cc1OC. The molecule has 1 heterocycles. The summed E-state index contributed by atoms with van der Waals surface area (Å²) >= 11 is 0. The third kappa shape index (κ3) is 5.94. The number of carbonyl (C=O) groups is 1. The second-order valence-corrected chi connectivity index (χ2v) is 8.21. The molecule has 1 unspecified atom stereocenters. The van der Waals surface area contributed by atoms with Crippen LogP contribution in [0.1, 0.15) is 41.4 Å². The molecule has 3 aromatic rings. The third-order valence-electron chi connectivity index (χ3n) is 5.67. The Morgan fingerprint density at radius 2 is 1.80 bits per heavy atom. The van der Waals surface area contributed by atoms with E-state index in [0.717, 1.165) is 0 Å². The van der Waals surface area contributed by atoms with Crippen molar-refractivity contribution in [2.45, 2.75) is 32.3 Å². The number of hydrogen-bond donors (Lipinski definition) is 1. The number of aliphatic hydroxyl groups is 1. The van der Waals surface area contributed by atoms with Crippen LogP contribution in [0.25, 0.3) is 16.1 Å². The molecule has 35 heavy (non-hydrogen) atoms. The van der Waals surface area contributed by atoms with E-state index in [2.05, 4.69) is 9.83 Å². The maximum Gasteiger partial charge on any atom is 0.357 e. The zero-order chi connectivity index (χ0) is 25.6. The number of rotatable bonds is 10. The molecule has 8 heteroatoms. The lowest BCUT2D eigenvalue weighted by molar-refractivity contribution is 0.0397. The van der Waals surface area contributed by atoms with Crippen molar-refractivity contribution in [1.29, 1.82) is 0 Å². The molecule has 0 spiro atoms. The first kappa shape index (κ1) is 25.7. The van der Waals surface area contributed by atoms with E-state index in [1.54, 1.807) is 56.3 Å². The van der Waals surface area contributed by atoms with E-state index >= 15 is 0 Å². The minimum absolute atomic E-state index is 0.0527.